The van der Waals surface area contributed by atoms with Crippen LogP contribution in [0.15, 0.2) is 18.2 Å². The molecule has 0 atom stereocenters. The minimum absolute atomic E-state index is 0.0868. The van der Waals surface area contributed by atoms with Crippen LogP contribution in [0.5, 0.6) is 5.75 Å². The molecule has 0 unspecified atom stereocenters. The van der Waals surface area contributed by atoms with E-state index >= 15 is 0 Å². The summed E-state index contributed by atoms with van der Waals surface area (Å²) >= 11 is 0. The molecule has 0 aromatic heterocycles. The summed E-state index contributed by atoms with van der Waals surface area (Å²) in [5.41, 5.74) is 0.813. The first kappa shape index (κ1) is 9.65. The Kier molecular flexibility index (Phi) is 3.14. The number of benzene rings is 1. The number of hydrogen-bond donors (Lipinski definition) is 1. The van der Waals surface area contributed by atoms with Gasteiger partial charge in [0.15, 0.2) is 0 Å². The van der Waals surface area contributed by atoms with Gasteiger partial charge in [-0.05, 0) is 18.2 Å². The van der Waals surface area contributed by atoms with Crippen molar-refractivity contribution in [1.82, 2.24) is 0 Å². The second-order valence-corrected chi connectivity index (χ2v) is 2.48. The Labute approximate surface area is 81.8 Å². The Bertz CT molecular complexity index is 481. The lowest BCUT2D eigenvalue weighted by molar-refractivity contribution is 0.473. The fraction of sp³-hybridized carbons (Fsp3) is 0.0909. The van der Waals surface area contributed by atoms with Crippen LogP contribution < -0.4 is 0 Å². The number of nitriles is 2. The third kappa shape index (κ3) is 2.27. The van der Waals surface area contributed by atoms with Gasteiger partial charge in [-0.15, -0.1) is 0 Å². The highest BCUT2D eigenvalue weighted by atomic mass is 16.3. The van der Waals surface area contributed by atoms with Gasteiger partial charge in [0.05, 0.1) is 18.1 Å². The number of phenols is 1. The molecule has 3 heteroatoms. The van der Waals surface area contributed by atoms with Crippen molar-refractivity contribution in [2.75, 3.05) is 0 Å². The van der Waals surface area contributed by atoms with Gasteiger partial charge in [-0.25, -0.2) is 0 Å². The molecule has 0 bridgehead atoms. The van der Waals surface area contributed by atoms with Crippen LogP contribution in [0.1, 0.15) is 17.5 Å². The maximum atomic E-state index is 9.29. The number of nitrogens with zero attached hydrogens (tertiary/aromatic N) is 2. The topological polar surface area (TPSA) is 67.8 Å². The van der Waals surface area contributed by atoms with Crippen LogP contribution in [-0.2, 0) is 0 Å². The van der Waals surface area contributed by atoms with E-state index in [1.165, 1.54) is 12.1 Å². The van der Waals surface area contributed by atoms with Crippen LogP contribution in [0.25, 0.3) is 0 Å². The summed E-state index contributed by atoms with van der Waals surface area (Å²) in [6.07, 6.45) is 0.154. The smallest absolute Gasteiger partial charge is 0.134 e. The first-order valence-corrected chi connectivity index (χ1v) is 3.87. The Balaban J connectivity index is 2.96. The van der Waals surface area contributed by atoms with Crippen LogP contribution in [0, 0.1) is 34.5 Å². The Morgan fingerprint density at radius 2 is 2.07 bits per heavy atom. The molecule has 0 radical (unpaired) electrons. The Hall–Kier alpha value is -2.44. The lowest BCUT2D eigenvalue weighted by Crippen LogP contribution is -1.79. The molecule has 0 fully saturated rings. The van der Waals surface area contributed by atoms with E-state index in [1.807, 2.05) is 12.1 Å². The van der Waals surface area contributed by atoms with Crippen LogP contribution in [0.4, 0.5) is 0 Å². The largest absolute Gasteiger partial charge is 0.507 e. The first-order chi connectivity index (χ1) is 6.77. The fourth-order valence-corrected chi connectivity index (χ4v) is 0.890. The molecule has 0 aliphatic rings. The molecular weight excluding hydrogens is 176 g/mol. The number of hydrogen-bond acceptors (Lipinski definition) is 3. The number of aromatic hydroxyl groups is 1. The van der Waals surface area contributed by atoms with Crippen molar-refractivity contribution < 1.29 is 5.11 Å². The highest BCUT2D eigenvalue weighted by molar-refractivity contribution is 5.48. The van der Waals surface area contributed by atoms with Gasteiger partial charge in [0.1, 0.15) is 11.8 Å². The minimum atomic E-state index is -0.0868. The van der Waals surface area contributed by atoms with E-state index in [2.05, 4.69) is 11.8 Å². The molecule has 14 heavy (non-hydrogen) atoms. The van der Waals surface area contributed by atoms with Crippen molar-refractivity contribution in [3.8, 4) is 29.7 Å². The first-order valence-electron chi connectivity index (χ1n) is 3.87. The molecule has 0 saturated heterocycles. The van der Waals surface area contributed by atoms with Gasteiger partial charge in [-0.3, -0.25) is 0 Å². The quantitative estimate of drug-likeness (QED) is 0.618. The van der Waals surface area contributed by atoms with Gasteiger partial charge < -0.3 is 5.11 Å². The normalized spacial score (nSPS) is 7.86. The van der Waals surface area contributed by atoms with Crippen molar-refractivity contribution in [2.24, 2.45) is 0 Å². The fourth-order valence-electron chi connectivity index (χ4n) is 0.890. The lowest BCUT2D eigenvalue weighted by atomic mass is 10.1. The Morgan fingerprint density at radius 3 is 2.64 bits per heavy atom. The average molecular weight is 182 g/mol. The maximum absolute atomic E-state index is 9.29. The summed E-state index contributed by atoms with van der Waals surface area (Å²) in [7, 11) is 0. The summed E-state index contributed by atoms with van der Waals surface area (Å²) in [6, 6.07) is 8.25. The standard InChI is InChI=1S/C11H6N2O/c12-6-2-1-3-9-4-5-10(8-13)11(14)7-9/h4-5,7,14H,2H2. The summed E-state index contributed by atoms with van der Waals surface area (Å²) in [4.78, 5) is 0. The zero-order valence-corrected chi connectivity index (χ0v) is 7.28. The van der Waals surface area contributed by atoms with E-state index in [-0.39, 0.29) is 17.7 Å². The molecule has 0 heterocycles. The van der Waals surface area contributed by atoms with Gasteiger partial charge in [-0.2, -0.15) is 10.5 Å². The minimum Gasteiger partial charge on any atom is -0.507 e. The van der Waals surface area contributed by atoms with E-state index in [0.29, 0.717) is 5.56 Å². The predicted octanol–water partition coefficient (Wildman–Crippen LogP) is 1.53. The molecular formula is C11H6N2O. The molecule has 0 spiro atoms. The van der Waals surface area contributed by atoms with Gasteiger partial charge in [0.2, 0.25) is 0 Å². The molecule has 1 aromatic rings. The molecule has 1 rings (SSSR count). The van der Waals surface area contributed by atoms with Gasteiger partial charge >= 0.3 is 0 Å². The average Bonchev–Trinajstić information content (AvgIpc) is 2.18. The van der Waals surface area contributed by atoms with E-state index < -0.39 is 0 Å². The molecule has 0 amide bonds. The van der Waals surface area contributed by atoms with E-state index in [0.717, 1.165) is 0 Å². The summed E-state index contributed by atoms with van der Waals surface area (Å²) < 4.78 is 0. The van der Waals surface area contributed by atoms with E-state index in [1.54, 1.807) is 6.07 Å². The summed E-state index contributed by atoms with van der Waals surface area (Å²) in [6.45, 7) is 0. The van der Waals surface area contributed by atoms with E-state index in [4.69, 9.17) is 10.5 Å². The van der Waals surface area contributed by atoms with E-state index in [9.17, 15) is 5.11 Å². The molecule has 0 aliphatic heterocycles. The zero-order valence-electron chi connectivity index (χ0n) is 7.28. The van der Waals surface area contributed by atoms with Crippen LogP contribution in [0.3, 0.4) is 0 Å². The second-order valence-electron chi connectivity index (χ2n) is 2.48. The van der Waals surface area contributed by atoms with Crippen LogP contribution in [-0.4, -0.2) is 5.11 Å². The molecule has 1 N–H and O–H groups in total. The van der Waals surface area contributed by atoms with Gasteiger partial charge in [0, 0.05) is 5.56 Å². The lowest BCUT2D eigenvalue weighted by Gasteiger charge is -1.95. The summed E-state index contributed by atoms with van der Waals surface area (Å²) in [5, 5.41) is 26.1. The molecule has 0 saturated carbocycles. The van der Waals surface area contributed by atoms with Gasteiger partial charge in [0.25, 0.3) is 0 Å². The van der Waals surface area contributed by atoms with Crippen molar-refractivity contribution in [3.05, 3.63) is 29.3 Å². The number of phenolic OH excluding ortho intramolecular Hbond substituents is 1. The molecule has 66 valence electrons. The summed E-state index contributed by atoms with van der Waals surface area (Å²) in [5.74, 6) is 5.22. The third-order valence-corrected chi connectivity index (χ3v) is 1.52. The van der Waals surface area contributed by atoms with Crippen LogP contribution in [0.2, 0.25) is 0 Å². The highest BCUT2D eigenvalue weighted by Crippen LogP contribution is 2.16. The van der Waals surface area contributed by atoms with Gasteiger partial charge in [-0.1, -0.05) is 11.8 Å². The van der Waals surface area contributed by atoms with Crippen molar-refractivity contribution in [1.29, 1.82) is 10.5 Å². The third-order valence-electron chi connectivity index (χ3n) is 1.52. The molecule has 0 aliphatic carbocycles. The monoisotopic (exact) mass is 182 g/mol. The Morgan fingerprint density at radius 1 is 1.29 bits per heavy atom. The SMILES string of the molecule is N#CCC#Cc1ccc(C#N)c(O)c1. The number of rotatable bonds is 0. The van der Waals surface area contributed by atoms with Crippen molar-refractivity contribution in [2.45, 2.75) is 6.42 Å². The zero-order chi connectivity index (χ0) is 10.4. The molecule has 3 nitrogen and oxygen atoms in total. The van der Waals surface area contributed by atoms with Crippen molar-refractivity contribution >= 4 is 0 Å². The predicted molar refractivity (Wildman–Crippen MR) is 49.9 cm³/mol. The molecule has 1 aromatic carbocycles. The maximum Gasteiger partial charge on any atom is 0.134 e. The second kappa shape index (κ2) is 4.55. The van der Waals surface area contributed by atoms with Crippen LogP contribution >= 0.6 is 0 Å². The van der Waals surface area contributed by atoms with Crippen molar-refractivity contribution in [3.63, 3.8) is 0 Å². The highest BCUT2D eigenvalue weighted by Gasteiger charge is 1.98.